The number of aromatic carboxylic acids is 1. The molecular formula is C11H10ClN3O3. The van der Waals surface area contributed by atoms with Crippen molar-refractivity contribution >= 4 is 23.3 Å². The second-order valence-electron chi connectivity index (χ2n) is 3.58. The number of aromatic nitrogens is 2. The second kappa shape index (κ2) is 5.05. The van der Waals surface area contributed by atoms with Crippen LogP contribution in [0.15, 0.2) is 22.7 Å². The number of halogens is 1. The van der Waals surface area contributed by atoms with Crippen LogP contribution in [0.1, 0.15) is 22.1 Å². The van der Waals surface area contributed by atoms with Crippen molar-refractivity contribution < 1.29 is 14.4 Å². The summed E-state index contributed by atoms with van der Waals surface area (Å²) < 4.78 is 4.81. The first-order valence-corrected chi connectivity index (χ1v) is 5.50. The fourth-order valence-electron chi connectivity index (χ4n) is 1.43. The van der Waals surface area contributed by atoms with Gasteiger partial charge < -0.3 is 14.9 Å². The average Bonchev–Trinajstić information content (AvgIpc) is 2.73. The van der Waals surface area contributed by atoms with Gasteiger partial charge in [-0.05, 0) is 18.2 Å². The van der Waals surface area contributed by atoms with Crippen molar-refractivity contribution in [1.82, 2.24) is 10.1 Å². The first-order valence-electron chi connectivity index (χ1n) is 5.12. The first-order chi connectivity index (χ1) is 8.56. The van der Waals surface area contributed by atoms with E-state index >= 15 is 0 Å². The van der Waals surface area contributed by atoms with Gasteiger partial charge >= 0.3 is 5.97 Å². The Morgan fingerprint density at radius 3 is 2.94 bits per heavy atom. The summed E-state index contributed by atoms with van der Waals surface area (Å²) in [6, 6.07) is 4.59. The number of carbonyl (C=O) groups is 1. The predicted molar refractivity (Wildman–Crippen MR) is 64.8 cm³/mol. The van der Waals surface area contributed by atoms with Crippen molar-refractivity contribution in [2.45, 2.75) is 13.5 Å². The van der Waals surface area contributed by atoms with Crippen LogP contribution in [-0.4, -0.2) is 21.2 Å². The molecule has 7 heteroatoms. The maximum Gasteiger partial charge on any atom is 0.337 e. The standard InChI is InChI=1S/C11H10ClN3O3/c1-6-14-10(15-18-6)5-13-9-3-2-7(12)4-8(9)11(16)17/h2-4,13H,5H2,1H3,(H,16,17). The molecule has 0 saturated heterocycles. The molecule has 1 aromatic carbocycles. The zero-order chi connectivity index (χ0) is 13.1. The average molecular weight is 268 g/mol. The number of anilines is 1. The van der Waals surface area contributed by atoms with Gasteiger partial charge in [0.05, 0.1) is 12.1 Å². The largest absolute Gasteiger partial charge is 0.478 e. The minimum Gasteiger partial charge on any atom is -0.478 e. The molecule has 0 fully saturated rings. The Bertz CT molecular complexity index is 583. The van der Waals surface area contributed by atoms with Crippen molar-refractivity contribution in [2.75, 3.05) is 5.32 Å². The van der Waals surface area contributed by atoms with Gasteiger partial charge in [-0.15, -0.1) is 0 Å². The van der Waals surface area contributed by atoms with Gasteiger partial charge in [0.2, 0.25) is 5.89 Å². The highest BCUT2D eigenvalue weighted by Crippen LogP contribution is 2.21. The van der Waals surface area contributed by atoms with Crippen LogP contribution < -0.4 is 5.32 Å². The number of hydrogen-bond donors (Lipinski definition) is 2. The Hall–Kier alpha value is -2.08. The molecule has 0 saturated carbocycles. The Morgan fingerprint density at radius 2 is 2.33 bits per heavy atom. The number of nitrogens with one attached hydrogen (secondary N) is 1. The van der Waals surface area contributed by atoms with Crippen LogP contribution >= 0.6 is 11.6 Å². The maximum atomic E-state index is 11.0. The van der Waals surface area contributed by atoms with Gasteiger partial charge in [0.15, 0.2) is 5.82 Å². The van der Waals surface area contributed by atoms with Gasteiger partial charge in [0.25, 0.3) is 0 Å². The number of nitrogens with zero attached hydrogens (tertiary/aromatic N) is 2. The molecule has 2 aromatic rings. The molecule has 1 aromatic heterocycles. The third kappa shape index (κ3) is 2.78. The summed E-state index contributed by atoms with van der Waals surface area (Å²) in [5.41, 5.74) is 0.553. The maximum absolute atomic E-state index is 11.0. The summed E-state index contributed by atoms with van der Waals surface area (Å²) in [7, 11) is 0. The van der Waals surface area contributed by atoms with E-state index in [2.05, 4.69) is 15.5 Å². The Labute approximate surface area is 108 Å². The Balaban J connectivity index is 2.16. The van der Waals surface area contributed by atoms with E-state index in [0.29, 0.717) is 22.4 Å². The van der Waals surface area contributed by atoms with Crippen LogP contribution in [0, 0.1) is 6.92 Å². The SMILES string of the molecule is Cc1nc(CNc2ccc(Cl)cc2C(=O)O)no1. The first kappa shape index (κ1) is 12.4. The van der Waals surface area contributed by atoms with E-state index in [4.69, 9.17) is 21.2 Å². The highest BCUT2D eigenvalue weighted by molar-refractivity contribution is 6.31. The van der Waals surface area contributed by atoms with E-state index in [1.807, 2.05) is 0 Å². The summed E-state index contributed by atoms with van der Waals surface area (Å²) in [5.74, 6) is -0.135. The van der Waals surface area contributed by atoms with Crippen molar-refractivity contribution in [3.63, 3.8) is 0 Å². The normalized spacial score (nSPS) is 10.3. The van der Waals surface area contributed by atoms with Crippen LogP contribution in [0.3, 0.4) is 0 Å². The summed E-state index contributed by atoms with van der Waals surface area (Å²) in [5, 5.41) is 16.0. The lowest BCUT2D eigenvalue weighted by atomic mass is 10.2. The lowest BCUT2D eigenvalue weighted by molar-refractivity contribution is 0.0698. The van der Waals surface area contributed by atoms with Crippen molar-refractivity contribution in [1.29, 1.82) is 0 Å². The lowest BCUT2D eigenvalue weighted by Gasteiger charge is -2.07. The van der Waals surface area contributed by atoms with Crippen molar-refractivity contribution in [3.8, 4) is 0 Å². The number of rotatable bonds is 4. The van der Waals surface area contributed by atoms with Crippen molar-refractivity contribution in [2.24, 2.45) is 0 Å². The lowest BCUT2D eigenvalue weighted by Crippen LogP contribution is -2.07. The topological polar surface area (TPSA) is 88.2 Å². The number of hydrogen-bond acceptors (Lipinski definition) is 5. The van der Waals surface area contributed by atoms with E-state index in [-0.39, 0.29) is 12.1 Å². The number of carboxylic acids is 1. The molecule has 18 heavy (non-hydrogen) atoms. The molecule has 0 spiro atoms. The molecule has 2 rings (SSSR count). The smallest absolute Gasteiger partial charge is 0.337 e. The van der Waals surface area contributed by atoms with Gasteiger partial charge in [-0.1, -0.05) is 16.8 Å². The molecular weight excluding hydrogens is 258 g/mol. The van der Waals surface area contributed by atoms with E-state index in [1.165, 1.54) is 6.07 Å². The molecule has 2 N–H and O–H groups in total. The number of aryl methyl sites for hydroxylation is 1. The summed E-state index contributed by atoms with van der Waals surface area (Å²) in [6.07, 6.45) is 0. The highest BCUT2D eigenvalue weighted by Gasteiger charge is 2.11. The van der Waals surface area contributed by atoms with Gasteiger partial charge in [0.1, 0.15) is 0 Å². The van der Waals surface area contributed by atoms with Crippen LogP contribution in [0.5, 0.6) is 0 Å². The molecule has 0 unspecified atom stereocenters. The molecule has 0 aliphatic carbocycles. The Morgan fingerprint density at radius 1 is 1.56 bits per heavy atom. The molecule has 1 heterocycles. The van der Waals surface area contributed by atoms with E-state index in [0.717, 1.165) is 0 Å². The summed E-state index contributed by atoms with van der Waals surface area (Å²) >= 11 is 5.75. The number of carboxylic acid groups (broad SMARTS) is 1. The molecule has 0 aliphatic heterocycles. The molecule has 0 atom stereocenters. The molecule has 0 amide bonds. The minimum absolute atomic E-state index is 0.0997. The second-order valence-corrected chi connectivity index (χ2v) is 4.01. The van der Waals surface area contributed by atoms with Crippen molar-refractivity contribution in [3.05, 3.63) is 40.5 Å². The molecule has 94 valence electrons. The fraction of sp³-hybridized carbons (Fsp3) is 0.182. The minimum atomic E-state index is -1.05. The molecule has 6 nitrogen and oxygen atoms in total. The third-order valence-electron chi connectivity index (χ3n) is 2.22. The van der Waals surface area contributed by atoms with Crippen LogP contribution in [0.25, 0.3) is 0 Å². The van der Waals surface area contributed by atoms with E-state index < -0.39 is 5.97 Å². The monoisotopic (exact) mass is 267 g/mol. The van der Waals surface area contributed by atoms with E-state index in [9.17, 15) is 4.79 Å². The van der Waals surface area contributed by atoms with Gasteiger partial charge in [-0.25, -0.2) is 4.79 Å². The van der Waals surface area contributed by atoms with Crippen LogP contribution in [0.2, 0.25) is 5.02 Å². The van der Waals surface area contributed by atoms with Gasteiger partial charge in [0, 0.05) is 17.6 Å². The zero-order valence-electron chi connectivity index (χ0n) is 9.48. The zero-order valence-corrected chi connectivity index (χ0v) is 10.2. The van der Waals surface area contributed by atoms with Gasteiger partial charge in [-0.3, -0.25) is 0 Å². The van der Waals surface area contributed by atoms with Crippen LogP contribution in [-0.2, 0) is 6.54 Å². The third-order valence-corrected chi connectivity index (χ3v) is 2.45. The van der Waals surface area contributed by atoms with E-state index in [1.54, 1.807) is 19.1 Å². The molecule has 0 aliphatic rings. The Kier molecular flexibility index (Phi) is 3.47. The number of benzene rings is 1. The van der Waals surface area contributed by atoms with Gasteiger partial charge in [-0.2, -0.15) is 4.98 Å². The summed E-state index contributed by atoms with van der Waals surface area (Å²) in [4.78, 5) is 15.0. The predicted octanol–water partition coefficient (Wildman–Crippen LogP) is 2.34. The molecule has 0 radical (unpaired) electrons. The summed E-state index contributed by atoms with van der Waals surface area (Å²) in [6.45, 7) is 1.96. The quantitative estimate of drug-likeness (QED) is 0.884. The highest BCUT2D eigenvalue weighted by atomic mass is 35.5. The van der Waals surface area contributed by atoms with Crippen LogP contribution in [0.4, 0.5) is 5.69 Å². The molecule has 0 bridgehead atoms. The fourth-order valence-corrected chi connectivity index (χ4v) is 1.61.